The fraction of sp³-hybridized carbons (Fsp3) is 0.500. The largest absolute Gasteiger partial charge is 0.394 e. The molecule has 0 saturated heterocycles. The molecule has 2 unspecified atom stereocenters. The molecule has 0 aliphatic heterocycles. The van der Waals surface area contributed by atoms with Crippen molar-refractivity contribution in [3.63, 3.8) is 0 Å². The lowest BCUT2D eigenvalue weighted by atomic mass is 10.0. The zero-order valence-electron chi connectivity index (χ0n) is 13.1. The molecule has 6 heteroatoms. The number of benzene rings is 1. The Bertz CT molecular complexity index is 503. The molecule has 0 heterocycles. The molecule has 0 spiro atoms. The molecule has 122 valence electrons. The van der Waals surface area contributed by atoms with Crippen LogP contribution in [0.4, 0.5) is 0 Å². The van der Waals surface area contributed by atoms with Crippen LogP contribution >= 0.6 is 11.6 Å². The monoisotopic (exact) mass is 326 g/mol. The van der Waals surface area contributed by atoms with Crippen LogP contribution in [0.25, 0.3) is 0 Å². The molecule has 0 saturated carbocycles. The molecule has 0 aliphatic carbocycles. The van der Waals surface area contributed by atoms with E-state index in [9.17, 15) is 9.59 Å². The Morgan fingerprint density at radius 3 is 2.23 bits per heavy atom. The number of aliphatic hydroxyl groups excluding tert-OH is 1. The molecule has 0 radical (unpaired) electrons. The third-order valence-electron chi connectivity index (χ3n) is 3.10. The van der Waals surface area contributed by atoms with Crippen LogP contribution in [0.15, 0.2) is 24.3 Å². The number of amides is 2. The Labute approximate surface area is 136 Å². The van der Waals surface area contributed by atoms with Gasteiger partial charge in [0.15, 0.2) is 0 Å². The van der Waals surface area contributed by atoms with Crippen molar-refractivity contribution in [2.75, 3.05) is 6.61 Å². The Kier molecular flexibility index (Phi) is 7.35. The minimum atomic E-state index is -0.642. The van der Waals surface area contributed by atoms with Crippen LogP contribution in [0.2, 0.25) is 5.02 Å². The molecule has 3 N–H and O–H groups in total. The SMILES string of the molecule is CC(C)CC(NC(=O)c1ccc(Cl)cc1)C(=O)NC(C)CO. The van der Waals surface area contributed by atoms with E-state index in [0.29, 0.717) is 17.0 Å². The van der Waals surface area contributed by atoms with E-state index < -0.39 is 6.04 Å². The van der Waals surface area contributed by atoms with Crippen LogP contribution in [-0.4, -0.2) is 35.6 Å². The van der Waals surface area contributed by atoms with E-state index in [1.165, 1.54) is 0 Å². The van der Waals surface area contributed by atoms with E-state index in [2.05, 4.69) is 10.6 Å². The fourth-order valence-electron chi connectivity index (χ4n) is 1.93. The third-order valence-corrected chi connectivity index (χ3v) is 3.35. The maximum absolute atomic E-state index is 12.2. The minimum Gasteiger partial charge on any atom is -0.394 e. The van der Waals surface area contributed by atoms with Gasteiger partial charge in [-0.15, -0.1) is 0 Å². The molecule has 1 aromatic rings. The zero-order chi connectivity index (χ0) is 16.7. The molecule has 2 atom stereocenters. The van der Waals surface area contributed by atoms with Crippen molar-refractivity contribution in [1.82, 2.24) is 10.6 Å². The molecular formula is C16H23ClN2O3. The number of hydrogen-bond acceptors (Lipinski definition) is 3. The summed E-state index contributed by atoms with van der Waals surface area (Å²) in [6.45, 7) is 5.50. The molecule has 1 rings (SSSR count). The van der Waals surface area contributed by atoms with Crippen LogP contribution in [0.3, 0.4) is 0 Å². The molecule has 0 bridgehead atoms. The molecule has 1 aromatic carbocycles. The Morgan fingerprint density at radius 2 is 1.73 bits per heavy atom. The van der Waals surface area contributed by atoms with Crippen LogP contribution in [0, 0.1) is 5.92 Å². The first kappa shape index (κ1) is 18.5. The average molecular weight is 327 g/mol. The average Bonchev–Trinajstić information content (AvgIpc) is 2.46. The summed E-state index contributed by atoms with van der Waals surface area (Å²) in [6.07, 6.45) is 0.517. The first-order valence-electron chi connectivity index (χ1n) is 7.31. The lowest BCUT2D eigenvalue weighted by molar-refractivity contribution is -0.124. The maximum atomic E-state index is 12.2. The lowest BCUT2D eigenvalue weighted by Crippen LogP contribution is -2.50. The Balaban J connectivity index is 2.77. The third kappa shape index (κ3) is 6.03. The van der Waals surface area contributed by atoms with Gasteiger partial charge < -0.3 is 15.7 Å². The summed E-state index contributed by atoms with van der Waals surface area (Å²) in [6, 6.07) is 5.48. The molecule has 0 aromatic heterocycles. The van der Waals surface area contributed by atoms with Gasteiger partial charge in [-0.1, -0.05) is 25.4 Å². The highest BCUT2D eigenvalue weighted by molar-refractivity contribution is 6.30. The van der Waals surface area contributed by atoms with E-state index in [1.807, 2.05) is 13.8 Å². The van der Waals surface area contributed by atoms with Gasteiger partial charge in [0.1, 0.15) is 6.04 Å². The highest BCUT2D eigenvalue weighted by Crippen LogP contribution is 2.11. The predicted molar refractivity (Wildman–Crippen MR) is 86.9 cm³/mol. The molecule has 5 nitrogen and oxygen atoms in total. The fourth-order valence-corrected chi connectivity index (χ4v) is 2.06. The van der Waals surface area contributed by atoms with Crippen LogP contribution in [0.1, 0.15) is 37.6 Å². The van der Waals surface area contributed by atoms with Crippen molar-refractivity contribution >= 4 is 23.4 Å². The topological polar surface area (TPSA) is 78.4 Å². The van der Waals surface area contributed by atoms with Crippen LogP contribution in [0.5, 0.6) is 0 Å². The normalized spacial score (nSPS) is 13.5. The second-order valence-electron chi connectivity index (χ2n) is 5.75. The maximum Gasteiger partial charge on any atom is 0.251 e. The first-order valence-corrected chi connectivity index (χ1v) is 7.69. The number of carbonyl (C=O) groups is 2. The highest BCUT2D eigenvalue weighted by Gasteiger charge is 2.23. The van der Waals surface area contributed by atoms with Gasteiger partial charge in [0.2, 0.25) is 5.91 Å². The smallest absolute Gasteiger partial charge is 0.251 e. The summed E-state index contributed by atoms with van der Waals surface area (Å²) in [5, 5.41) is 15.0. The number of aliphatic hydroxyl groups is 1. The summed E-state index contributed by atoms with van der Waals surface area (Å²) in [4.78, 5) is 24.4. The number of nitrogens with one attached hydrogen (secondary N) is 2. The van der Waals surface area contributed by atoms with Gasteiger partial charge in [0.25, 0.3) is 5.91 Å². The van der Waals surface area contributed by atoms with Gasteiger partial charge in [0, 0.05) is 16.6 Å². The van der Waals surface area contributed by atoms with E-state index in [4.69, 9.17) is 16.7 Å². The second-order valence-corrected chi connectivity index (χ2v) is 6.19. The quantitative estimate of drug-likeness (QED) is 0.717. The number of rotatable bonds is 7. The van der Waals surface area contributed by atoms with Crippen LogP contribution < -0.4 is 10.6 Å². The van der Waals surface area contributed by atoms with Crippen molar-refractivity contribution in [3.05, 3.63) is 34.9 Å². The number of carbonyl (C=O) groups excluding carboxylic acids is 2. The summed E-state index contributed by atoms with van der Waals surface area (Å²) < 4.78 is 0. The van der Waals surface area contributed by atoms with E-state index in [-0.39, 0.29) is 30.4 Å². The standard InChI is InChI=1S/C16H23ClN2O3/c1-10(2)8-14(16(22)18-11(3)9-20)19-15(21)12-4-6-13(17)7-5-12/h4-7,10-11,14,20H,8-9H2,1-3H3,(H,18,22)(H,19,21). The lowest BCUT2D eigenvalue weighted by Gasteiger charge is -2.22. The van der Waals surface area contributed by atoms with Gasteiger partial charge in [-0.3, -0.25) is 9.59 Å². The molecule has 0 fully saturated rings. The first-order chi connectivity index (χ1) is 10.3. The minimum absolute atomic E-state index is 0.148. The Hall–Kier alpha value is -1.59. The zero-order valence-corrected chi connectivity index (χ0v) is 13.9. The van der Waals surface area contributed by atoms with Gasteiger partial charge in [0.05, 0.1) is 6.61 Å². The van der Waals surface area contributed by atoms with Gasteiger partial charge in [-0.2, -0.15) is 0 Å². The van der Waals surface area contributed by atoms with Gasteiger partial charge in [-0.25, -0.2) is 0 Å². The number of hydrogen-bond donors (Lipinski definition) is 3. The van der Waals surface area contributed by atoms with E-state index >= 15 is 0 Å². The van der Waals surface area contributed by atoms with E-state index in [1.54, 1.807) is 31.2 Å². The molecule has 0 aliphatic rings. The van der Waals surface area contributed by atoms with Gasteiger partial charge in [-0.05, 0) is 43.5 Å². The van der Waals surface area contributed by atoms with Crippen molar-refractivity contribution < 1.29 is 14.7 Å². The van der Waals surface area contributed by atoms with Gasteiger partial charge >= 0.3 is 0 Å². The number of halogens is 1. The summed E-state index contributed by atoms with van der Waals surface area (Å²) in [7, 11) is 0. The van der Waals surface area contributed by atoms with Crippen molar-refractivity contribution in [2.45, 2.75) is 39.3 Å². The summed E-state index contributed by atoms with van der Waals surface area (Å²) in [5.74, 6) is -0.377. The molecule has 2 amide bonds. The van der Waals surface area contributed by atoms with Crippen LogP contribution in [-0.2, 0) is 4.79 Å². The van der Waals surface area contributed by atoms with Crippen molar-refractivity contribution in [2.24, 2.45) is 5.92 Å². The van der Waals surface area contributed by atoms with Crippen molar-refractivity contribution in [3.8, 4) is 0 Å². The summed E-state index contributed by atoms with van der Waals surface area (Å²) in [5.41, 5.74) is 0.446. The second kappa shape index (κ2) is 8.76. The predicted octanol–water partition coefficient (Wildman–Crippen LogP) is 1.98. The van der Waals surface area contributed by atoms with Crippen molar-refractivity contribution in [1.29, 1.82) is 0 Å². The summed E-state index contributed by atoms with van der Waals surface area (Å²) >= 11 is 5.80. The Morgan fingerprint density at radius 1 is 1.14 bits per heavy atom. The molecular weight excluding hydrogens is 304 g/mol. The van der Waals surface area contributed by atoms with E-state index in [0.717, 1.165) is 0 Å². The molecule has 22 heavy (non-hydrogen) atoms. The highest BCUT2D eigenvalue weighted by atomic mass is 35.5.